The Morgan fingerprint density at radius 3 is 2.00 bits per heavy atom. The normalized spacial score (nSPS) is 10.8. The first kappa shape index (κ1) is 16.5. The minimum atomic E-state index is 1.00. The van der Waals surface area contributed by atoms with Crippen molar-refractivity contribution >= 4 is 0 Å². The molecule has 0 aliphatic rings. The smallest absolute Gasteiger partial charge is 0.00168 e. The third-order valence-corrected chi connectivity index (χ3v) is 4.85. The molecule has 0 N–H and O–H groups in total. The monoisotopic (exact) mass is 314 g/mol. The van der Waals surface area contributed by atoms with Crippen LogP contribution < -0.4 is 0 Å². The van der Waals surface area contributed by atoms with E-state index < -0.39 is 0 Å². The van der Waals surface area contributed by atoms with Gasteiger partial charge in [0, 0.05) is 0 Å². The highest BCUT2D eigenvalue weighted by molar-refractivity contribution is 5.70. The predicted octanol–water partition coefficient (Wildman–Crippen LogP) is 6.38. The Labute approximate surface area is 146 Å². The van der Waals surface area contributed by atoms with Crippen LogP contribution in [0.3, 0.4) is 0 Å². The van der Waals surface area contributed by atoms with E-state index in [0.29, 0.717) is 0 Å². The second-order valence-electron chi connectivity index (χ2n) is 6.46. The molecule has 3 aromatic carbocycles. The molecule has 0 amide bonds. The molecule has 0 unspecified atom stereocenters. The summed E-state index contributed by atoms with van der Waals surface area (Å²) in [5, 5.41) is 0. The molecule has 0 aliphatic carbocycles. The van der Waals surface area contributed by atoms with Crippen LogP contribution in [-0.2, 0) is 19.3 Å². The number of rotatable bonds is 5. The second-order valence-corrected chi connectivity index (χ2v) is 6.46. The van der Waals surface area contributed by atoms with Gasteiger partial charge in [0.25, 0.3) is 0 Å². The summed E-state index contributed by atoms with van der Waals surface area (Å²) in [5.74, 6) is 0. The maximum atomic E-state index is 2.32. The highest BCUT2D eigenvalue weighted by Crippen LogP contribution is 2.31. The van der Waals surface area contributed by atoms with Crippen LogP contribution >= 0.6 is 0 Å². The third-order valence-electron chi connectivity index (χ3n) is 4.85. The number of aryl methyl sites for hydroxylation is 2. The molecule has 0 heterocycles. The Balaban J connectivity index is 2.14. The van der Waals surface area contributed by atoms with E-state index in [1.807, 2.05) is 0 Å². The minimum absolute atomic E-state index is 1.00. The van der Waals surface area contributed by atoms with Gasteiger partial charge in [0.2, 0.25) is 0 Å². The van der Waals surface area contributed by atoms with E-state index in [9.17, 15) is 0 Å². The summed E-state index contributed by atoms with van der Waals surface area (Å²) in [6.45, 7) is 6.68. The van der Waals surface area contributed by atoms with Crippen molar-refractivity contribution in [2.24, 2.45) is 0 Å². The summed E-state index contributed by atoms with van der Waals surface area (Å²) in [7, 11) is 0. The van der Waals surface area contributed by atoms with Crippen LogP contribution in [0.25, 0.3) is 11.1 Å². The zero-order valence-corrected chi connectivity index (χ0v) is 15.0. The van der Waals surface area contributed by atoms with Gasteiger partial charge in [0.05, 0.1) is 0 Å². The first-order valence-electron chi connectivity index (χ1n) is 8.97. The van der Waals surface area contributed by atoms with Crippen molar-refractivity contribution in [3.05, 3.63) is 94.5 Å². The molecule has 0 bridgehead atoms. The van der Waals surface area contributed by atoms with E-state index in [-0.39, 0.29) is 0 Å². The van der Waals surface area contributed by atoms with Crippen LogP contribution in [0, 0.1) is 6.92 Å². The number of benzene rings is 3. The van der Waals surface area contributed by atoms with Gasteiger partial charge in [-0.25, -0.2) is 0 Å². The van der Waals surface area contributed by atoms with Gasteiger partial charge in [-0.1, -0.05) is 86.1 Å². The fourth-order valence-electron chi connectivity index (χ4n) is 3.51. The van der Waals surface area contributed by atoms with Crippen LogP contribution in [0.1, 0.15) is 41.7 Å². The molecule has 0 radical (unpaired) electrons. The average Bonchev–Trinajstić information content (AvgIpc) is 2.63. The summed E-state index contributed by atoms with van der Waals surface area (Å²) in [6, 6.07) is 24.4. The van der Waals surface area contributed by atoms with Crippen LogP contribution in [-0.4, -0.2) is 0 Å². The van der Waals surface area contributed by atoms with Gasteiger partial charge < -0.3 is 0 Å². The maximum Gasteiger partial charge on any atom is -0.00168 e. The average molecular weight is 314 g/mol. The molecule has 0 fully saturated rings. The van der Waals surface area contributed by atoms with Crippen LogP contribution in [0.5, 0.6) is 0 Å². The van der Waals surface area contributed by atoms with Gasteiger partial charge in [0.15, 0.2) is 0 Å². The Kier molecular flexibility index (Phi) is 5.15. The summed E-state index contributed by atoms with van der Waals surface area (Å²) in [5.41, 5.74) is 9.91. The Morgan fingerprint density at radius 1 is 0.667 bits per heavy atom. The SMILES string of the molecule is CCc1ccc(-c2ccccc2)c(Cc2ccc(C)cc2)c1CC. The lowest BCUT2D eigenvalue weighted by atomic mass is 9.86. The van der Waals surface area contributed by atoms with Crippen molar-refractivity contribution in [3.63, 3.8) is 0 Å². The molecule has 0 nitrogen and oxygen atoms in total. The van der Waals surface area contributed by atoms with E-state index in [4.69, 9.17) is 0 Å². The van der Waals surface area contributed by atoms with Gasteiger partial charge in [-0.05, 0) is 59.6 Å². The van der Waals surface area contributed by atoms with E-state index in [1.54, 1.807) is 0 Å². The molecule has 0 heteroatoms. The van der Waals surface area contributed by atoms with Crippen LogP contribution in [0.4, 0.5) is 0 Å². The zero-order chi connectivity index (χ0) is 16.9. The predicted molar refractivity (Wildman–Crippen MR) is 105 cm³/mol. The Morgan fingerprint density at radius 2 is 1.38 bits per heavy atom. The number of hydrogen-bond acceptors (Lipinski definition) is 0. The molecule has 0 spiro atoms. The summed E-state index contributed by atoms with van der Waals surface area (Å²) in [6.07, 6.45) is 3.19. The minimum Gasteiger partial charge on any atom is -0.0622 e. The zero-order valence-electron chi connectivity index (χ0n) is 15.0. The summed E-state index contributed by atoms with van der Waals surface area (Å²) in [4.78, 5) is 0. The van der Waals surface area contributed by atoms with Crippen molar-refractivity contribution in [1.82, 2.24) is 0 Å². The van der Waals surface area contributed by atoms with Crippen molar-refractivity contribution < 1.29 is 0 Å². The molecule has 0 saturated carbocycles. The fourth-order valence-corrected chi connectivity index (χ4v) is 3.51. The highest BCUT2D eigenvalue weighted by atomic mass is 14.2. The lowest BCUT2D eigenvalue weighted by molar-refractivity contribution is 0.995. The lowest BCUT2D eigenvalue weighted by Gasteiger charge is -2.18. The van der Waals surface area contributed by atoms with Gasteiger partial charge in [-0.15, -0.1) is 0 Å². The summed E-state index contributed by atoms with van der Waals surface area (Å²) >= 11 is 0. The van der Waals surface area contributed by atoms with Crippen LogP contribution in [0.15, 0.2) is 66.7 Å². The molecule has 0 atom stereocenters. The van der Waals surface area contributed by atoms with Crippen molar-refractivity contribution in [1.29, 1.82) is 0 Å². The Hall–Kier alpha value is -2.34. The fraction of sp³-hybridized carbons (Fsp3) is 0.250. The van der Waals surface area contributed by atoms with Gasteiger partial charge in [-0.2, -0.15) is 0 Å². The second kappa shape index (κ2) is 7.49. The molecule has 3 aromatic rings. The van der Waals surface area contributed by atoms with Crippen LogP contribution in [0.2, 0.25) is 0 Å². The third kappa shape index (κ3) is 3.43. The molecule has 0 saturated heterocycles. The van der Waals surface area contributed by atoms with E-state index >= 15 is 0 Å². The van der Waals surface area contributed by atoms with E-state index in [2.05, 4.69) is 87.5 Å². The molecule has 122 valence electrons. The molecular weight excluding hydrogens is 288 g/mol. The maximum absolute atomic E-state index is 2.32. The quantitative estimate of drug-likeness (QED) is 0.512. The standard InChI is InChI=1S/C24H26/c1-4-20-15-16-23(21-9-7-6-8-10-21)24(22(20)5-2)17-19-13-11-18(3)12-14-19/h6-16H,4-5,17H2,1-3H3. The molecule has 24 heavy (non-hydrogen) atoms. The van der Waals surface area contributed by atoms with E-state index in [0.717, 1.165) is 19.3 Å². The number of hydrogen-bond donors (Lipinski definition) is 0. The molecular formula is C24H26. The molecule has 0 aliphatic heterocycles. The van der Waals surface area contributed by atoms with E-state index in [1.165, 1.54) is 38.9 Å². The largest absolute Gasteiger partial charge is 0.0622 e. The Bertz CT molecular complexity index is 795. The van der Waals surface area contributed by atoms with Crippen molar-refractivity contribution in [3.8, 4) is 11.1 Å². The first-order valence-corrected chi connectivity index (χ1v) is 8.97. The molecule has 3 rings (SSSR count). The first-order chi connectivity index (χ1) is 11.7. The van der Waals surface area contributed by atoms with Gasteiger partial charge >= 0.3 is 0 Å². The summed E-state index contributed by atoms with van der Waals surface area (Å²) < 4.78 is 0. The van der Waals surface area contributed by atoms with Gasteiger partial charge in [0.1, 0.15) is 0 Å². The topological polar surface area (TPSA) is 0 Å². The van der Waals surface area contributed by atoms with Gasteiger partial charge in [-0.3, -0.25) is 0 Å². The highest BCUT2D eigenvalue weighted by Gasteiger charge is 2.13. The van der Waals surface area contributed by atoms with Crippen molar-refractivity contribution in [2.45, 2.75) is 40.0 Å². The van der Waals surface area contributed by atoms with Crippen molar-refractivity contribution in [2.75, 3.05) is 0 Å². The molecule has 0 aromatic heterocycles. The lowest BCUT2D eigenvalue weighted by Crippen LogP contribution is -2.02.